The third-order valence-electron chi connectivity index (χ3n) is 3.32. The summed E-state index contributed by atoms with van der Waals surface area (Å²) < 4.78 is 6.14. The normalized spacial score (nSPS) is 12.1. The number of aliphatic hydroxyl groups is 1. The highest BCUT2D eigenvalue weighted by Crippen LogP contribution is 2.21. The Hall–Kier alpha value is -2.15. The van der Waals surface area contributed by atoms with Crippen LogP contribution in [0.3, 0.4) is 0 Å². The molecule has 0 heterocycles. The SMILES string of the molecule is CCOC(=O)C(C=Nc1ccc(I)cc1)=C(O)c1ccccc1C. The van der Waals surface area contributed by atoms with Gasteiger partial charge in [0.1, 0.15) is 11.3 Å². The van der Waals surface area contributed by atoms with Crippen molar-refractivity contribution in [3.05, 3.63) is 68.8 Å². The lowest BCUT2D eigenvalue weighted by Gasteiger charge is -2.09. The second-order valence-corrected chi connectivity index (χ2v) is 6.28. The number of hydrogen-bond acceptors (Lipinski definition) is 4. The molecule has 1 N–H and O–H groups in total. The van der Waals surface area contributed by atoms with Crippen LogP contribution in [-0.4, -0.2) is 23.9 Å². The maximum Gasteiger partial charge on any atom is 0.343 e. The highest BCUT2D eigenvalue weighted by Gasteiger charge is 2.17. The Bertz CT molecular complexity index is 779. The molecule has 0 spiro atoms. The number of benzene rings is 2. The number of halogens is 1. The Morgan fingerprint density at radius 2 is 1.88 bits per heavy atom. The van der Waals surface area contributed by atoms with E-state index >= 15 is 0 Å². The van der Waals surface area contributed by atoms with Gasteiger partial charge in [0.25, 0.3) is 0 Å². The number of aryl methyl sites for hydroxylation is 1. The molecule has 124 valence electrons. The molecule has 0 aromatic heterocycles. The molecule has 2 aromatic rings. The van der Waals surface area contributed by atoms with Crippen LogP contribution in [0.15, 0.2) is 59.1 Å². The fraction of sp³-hybridized carbons (Fsp3) is 0.158. The van der Waals surface area contributed by atoms with Crippen molar-refractivity contribution < 1.29 is 14.6 Å². The average Bonchev–Trinajstić information content (AvgIpc) is 2.57. The predicted octanol–water partition coefficient (Wildman–Crippen LogP) is 4.83. The minimum atomic E-state index is -0.604. The van der Waals surface area contributed by atoms with E-state index in [1.807, 2.05) is 43.3 Å². The molecule has 5 heteroatoms. The number of aliphatic imine (C=N–C) groups is 1. The van der Waals surface area contributed by atoms with Gasteiger partial charge in [0, 0.05) is 15.3 Å². The Morgan fingerprint density at radius 1 is 1.21 bits per heavy atom. The smallest absolute Gasteiger partial charge is 0.343 e. The van der Waals surface area contributed by atoms with E-state index in [9.17, 15) is 9.90 Å². The van der Waals surface area contributed by atoms with Crippen molar-refractivity contribution >= 4 is 46.2 Å². The van der Waals surface area contributed by atoms with Crippen LogP contribution in [0, 0.1) is 10.5 Å². The topological polar surface area (TPSA) is 58.9 Å². The number of rotatable bonds is 5. The van der Waals surface area contributed by atoms with Crippen molar-refractivity contribution in [1.29, 1.82) is 0 Å². The van der Waals surface area contributed by atoms with Crippen molar-refractivity contribution in [2.24, 2.45) is 4.99 Å². The zero-order chi connectivity index (χ0) is 17.5. The third kappa shape index (κ3) is 4.67. The van der Waals surface area contributed by atoms with E-state index in [-0.39, 0.29) is 17.9 Å². The maximum absolute atomic E-state index is 12.2. The molecule has 24 heavy (non-hydrogen) atoms. The molecule has 2 aromatic carbocycles. The molecule has 0 saturated carbocycles. The molecule has 0 aliphatic carbocycles. The van der Waals surface area contributed by atoms with Gasteiger partial charge in [-0.15, -0.1) is 0 Å². The summed E-state index contributed by atoms with van der Waals surface area (Å²) in [6.45, 7) is 3.81. The van der Waals surface area contributed by atoms with E-state index in [1.165, 1.54) is 6.21 Å². The van der Waals surface area contributed by atoms with Gasteiger partial charge in [0.15, 0.2) is 0 Å². The Kier molecular flexibility index (Phi) is 6.54. The number of carbonyl (C=O) groups excluding carboxylic acids is 1. The Morgan fingerprint density at radius 3 is 2.50 bits per heavy atom. The highest BCUT2D eigenvalue weighted by atomic mass is 127. The van der Waals surface area contributed by atoms with Crippen LogP contribution in [0.2, 0.25) is 0 Å². The first kappa shape index (κ1) is 18.2. The number of ether oxygens (including phenoxy) is 1. The first-order chi connectivity index (χ1) is 11.5. The molecule has 0 radical (unpaired) electrons. The number of nitrogens with zero attached hydrogens (tertiary/aromatic N) is 1. The van der Waals surface area contributed by atoms with Crippen molar-refractivity contribution in [2.75, 3.05) is 6.61 Å². The van der Waals surface area contributed by atoms with Crippen LogP contribution in [0.25, 0.3) is 5.76 Å². The fourth-order valence-corrected chi connectivity index (χ4v) is 2.43. The lowest BCUT2D eigenvalue weighted by Crippen LogP contribution is -2.11. The van der Waals surface area contributed by atoms with Crippen LogP contribution < -0.4 is 0 Å². The fourth-order valence-electron chi connectivity index (χ4n) is 2.07. The average molecular weight is 435 g/mol. The van der Waals surface area contributed by atoms with Crippen LogP contribution in [0.1, 0.15) is 18.1 Å². The van der Waals surface area contributed by atoms with E-state index in [2.05, 4.69) is 27.6 Å². The van der Waals surface area contributed by atoms with Crippen molar-refractivity contribution in [2.45, 2.75) is 13.8 Å². The number of hydrogen-bond donors (Lipinski definition) is 1. The van der Waals surface area contributed by atoms with Crippen molar-refractivity contribution in [1.82, 2.24) is 0 Å². The van der Waals surface area contributed by atoms with Crippen LogP contribution in [-0.2, 0) is 9.53 Å². The highest BCUT2D eigenvalue weighted by molar-refractivity contribution is 14.1. The van der Waals surface area contributed by atoms with Crippen LogP contribution in [0.4, 0.5) is 5.69 Å². The lowest BCUT2D eigenvalue weighted by molar-refractivity contribution is -0.137. The molecule has 0 saturated heterocycles. The minimum absolute atomic E-state index is 0.0321. The van der Waals surface area contributed by atoms with E-state index in [1.54, 1.807) is 19.1 Å². The Labute approximate surface area is 155 Å². The number of carbonyl (C=O) groups is 1. The quantitative estimate of drug-likeness (QED) is 0.241. The van der Waals surface area contributed by atoms with E-state index in [0.29, 0.717) is 11.3 Å². The molecular weight excluding hydrogens is 417 g/mol. The molecule has 0 unspecified atom stereocenters. The largest absolute Gasteiger partial charge is 0.506 e. The molecular formula is C19H18INO3. The second-order valence-electron chi connectivity index (χ2n) is 5.03. The second kappa shape index (κ2) is 8.63. The van der Waals surface area contributed by atoms with Gasteiger partial charge in [-0.2, -0.15) is 0 Å². The van der Waals surface area contributed by atoms with Crippen LogP contribution in [0.5, 0.6) is 0 Å². The minimum Gasteiger partial charge on any atom is -0.506 e. The molecule has 2 rings (SSSR count). The van der Waals surface area contributed by atoms with Gasteiger partial charge in [-0.25, -0.2) is 4.79 Å². The summed E-state index contributed by atoms with van der Waals surface area (Å²) in [4.78, 5) is 16.5. The zero-order valence-corrected chi connectivity index (χ0v) is 15.6. The van der Waals surface area contributed by atoms with Gasteiger partial charge in [-0.1, -0.05) is 24.3 Å². The van der Waals surface area contributed by atoms with Gasteiger partial charge < -0.3 is 9.84 Å². The third-order valence-corrected chi connectivity index (χ3v) is 4.04. The predicted molar refractivity (Wildman–Crippen MR) is 105 cm³/mol. The summed E-state index contributed by atoms with van der Waals surface area (Å²) in [5.41, 5.74) is 2.16. The van der Waals surface area contributed by atoms with Crippen molar-refractivity contribution in [3.8, 4) is 0 Å². The van der Waals surface area contributed by atoms with Gasteiger partial charge in [-0.05, 0) is 66.3 Å². The zero-order valence-electron chi connectivity index (χ0n) is 13.5. The number of esters is 1. The molecule has 0 amide bonds. The summed E-state index contributed by atoms with van der Waals surface area (Å²) in [7, 11) is 0. The molecule has 0 atom stereocenters. The summed E-state index contributed by atoms with van der Waals surface area (Å²) in [6.07, 6.45) is 1.35. The summed E-state index contributed by atoms with van der Waals surface area (Å²) >= 11 is 2.21. The lowest BCUT2D eigenvalue weighted by atomic mass is 10.0. The van der Waals surface area contributed by atoms with E-state index in [4.69, 9.17) is 4.74 Å². The van der Waals surface area contributed by atoms with Crippen LogP contribution >= 0.6 is 22.6 Å². The van der Waals surface area contributed by atoms with E-state index < -0.39 is 5.97 Å². The maximum atomic E-state index is 12.2. The van der Waals surface area contributed by atoms with Gasteiger partial charge in [0.05, 0.1) is 12.3 Å². The molecule has 0 aliphatic heterocycles. The standard InChI is InChI=1S/C19H18INO3/c1-3-24-19(23)17(12-21-15-10-8-14(20)9-11-15)18(22)16-7-5-4-6-13(16)2/h4-12,22H,3H2,1-2H3. The van der Waals surface area contributed by atoms with Crippen molar-refractivity contribution in [3.63, 3.8) is 0 Å². The molecule has 0 aliphatic rings. The van der Waals surface area contributed by atoms with Gasteiger partial charge in [0.2, 0.25) is 0 Å². The molecule has 4 nitrogen and oxygen atoms in total. The first-order valence-electron chi connectivity index (χ1n) is 7.49. The number of aliphatic hydroxyl groups excluding tert-OH is 1. The summed E-state index contributed by atoms with van der Waals surface area (Å²) in [5.74, 6) is -0.742. The van der Waals surface area contributed by atoms with Gasteiger partial charge >= 0.3 is 5.97 Å². The Balaban J connectivity index is 2.44. The summed E-state index contributed by atoms with van der Waals surface area (Å²) in [6, 6.07) is 14.8. The monoisotopic (exact) mass is 435 g/mol. The molecule has 0 bridgehead atoms. The van der Waals surface area contributed by atoms with Gasteiger partial charge in [-0.3, -0.25) is 4.99 Å². The van der Waals surface area contributed by atoms with E-state index in [0.717, 1.165) is 9.13 Å². The molecule has 0 fully saturated rings. The summed E-state index contributed by atoms with van der Waals surface area (Å²) in [5, 5.41) is 10.6. The first-order valence-corrected chi connectivity index (χ1v) is 8.56.